The third-order valence-electron chi connectivity index (χ3n) is 5.77. The average Bonchev–Trinajstić information content (AvgIpc) is 3.56. The van der Waals surface area contributed by atoms with Crippen LogP contribution in [0.3, 0.4) is 0 Å². The zero-order valence-electron chi connectivity index (χ0n) is 17.7. The summed E-state index contributed by atoms with van der Waals surface area (Å²) in [4.78, 5) is 43.5. The van der Waals surface area contributed by atoms with Crippen LogP contribution in [0.25, 0.3) is 10.9 Å². The van der Waals surface area contributed by atoms with E-state index < -0.39 is 23.9 Å². The van der Waals surface area contributed by atoms with Gasteiger partial charge in [0.25, 0.3) is 5.91 Å². The van der Waals surface area contributed by atoms with Crippen LogP contribution in [-0.4, -0.2) is 40.3 Å². The molecule has 1 aliphatic heterocycles. The van der Waals surface area contributed by atoms with Gasteiger partial charge in [0.1, 0.15) is 12.6 Å². The summed E-state index contributed by atoms with van der Waals surface area (Å²) in [7, 11) is 0. The molecule has 33 heavy (non-hydrogen) atoms. The van der Waals surface area contributed by atoms with E-state index in [2.05, 4.69) is 15.6 Å². The van der Waals surface area contributed by atoms with E-state index in [1.54, 1.807) is 0 Å². The highest BCUT2D eigenvalue weighted by Crippen LogP contribution is 2.26. The molecule has 166 valence electrons. The fourth-order valence-electron chi connectivity index (χ4n) is 4.16. The highest BCUT2D eigenvalue weighted by molar-refractivity contribution is 7.10. The normalized spacial score (nSPS) is 16.7. The lowest BCUT2D eigenvalue weighted by Crippen LogP contribution is -2.42. The van der Waals surface area contributed by atoms with Gasteiger partial charge < -0.3 is 15.6 Å². The number of fused-ring (bicyclic) bond motifs is 1. The Morgan fingerprint density at radius 3 is 2.61 bits per heavy atom. The molecule has 2 aromatic heterocycles. The number of thiophene rings is 1. The Morgan fingerprint density at radius 1 is 1.03 bits per heavy atom. The highest BCUT2D eigenvalue weighted by atomic mass is 32.1. The van der Waals surface area contributed by atoms with Crippen molar-refractivity contribution in [3.05, 3.63) is 94.3 Å². The molecule has 1 aliphatic rings. The third-order valence-corrected chi connectivity index (χ3v) is 6.71. The van der Waals surface area contributed by atoms with Gasteiger partial charge in [-0.05, 0) is 28.6 Å². The topological polar surface area (TPSA) is 94.3 Å². The molecule has 1 saturated heterocycles. The number of nitrogens with zero attached hydrogens (tertiary/aromatic N) is 1. The van der Waals surface area contributed by atoms with Crippen molar-refractivity contribution >= 4 is 40.1 Å². The van der Waals surface area contributed by atoms with Crippen LogP contribution in [0.2, 0.25) is 0 Å². The summed E-state index contributed by atoms with van der Waals surface area (Å²) < 4.78 is 0. The van der Waals surface area contributed by atoms with Gasteiger partial charge in [-0.3, -0.25) is 14.5 Å². The minimum absolute atomic E-state index is 0.330. The number of para-hydroxylation sites is 1. The van der Waals surface area contributed by atoms with Gasteiger partial charge in [0.15, 0.2) is 0 Å². The van der Waals surface area contributed by atoms with Gasteiger partial charge in [-0.1, -0.05) is 54.6 Å². The van der Waals surface area contributed by atoms with Gasteiger partial charge in [0.05, 0.1) is 6.04 Å². The predicted molar refractivity (Wildman–Crippen MR) is 127 cm³/mol. The number of carbonyl (C=O) groups excluding carboxylic acids is 3. The Labute approximate surface area is 194 Å². The van der Waals surface area contributed by atoms with Gasteiger partial charge >= 0.3 is 6.03 Å². The second-order valence-corrected chi connectivity index (χ2v) is 8.90. The zero-order valence-corrected chi connectivity index (χ0v) is 18.5. The van der Waals surface area contributed by atoms with Crippen molar-refractivity contribution in [3.63, 3.8) is 0 Å². The molecule has 0 saturated carbocycles. The molecule has 0 aliphatic carbocycles. The minimum atomic E-state index is -0.702. The van der Waals surface area contributed by atoms with Crippen LogP contribution in [-0.2, 0) is 16.0 Å². The fraction of sp³-hybridized carbons (Fsp3) is 0.160. The minimum Gasteiger partial charge on any atom is -0.361 e. The molecule has 3 heterocycles. The number of aromatic nitrogens is 1. The third kappa shape index (κ3) is 4.25. The standard InChI is InChI=1S/C25H22N4O3S/c30-22(28-23(21-11-6-12-33-21)16-7-2-1-3-8-16)15-29-24(31)20(27-25(29)32)13-17-14-26-19-10-5-4-9-18(17)19/h1-12,14,20,23,26H,13,15H2,(H,27,32)(H,28,30)/t20-,23-/m1/s1. The molecule has 4 amide bonds. The maximum Gasteiger partial charge on any atom is 0.325 e. The van der Waals surface area contributed by atoms with E-state index in [9.17, 15) is 14.4 Å². The lowest BCUT2D eigenvalue weighted by molar-refractivity contribution is -0.132. The van der Waals surface area contributed by atoms with Crippen LogP contribution in [0.1, 0.15) is 22.0 Å². The van der Waals surface area contributed by atoms with Crippen molar-refractivity contribution < 1.29 is 14.4 Å². The van der Waals surface area contributed by atoms with Crippen molar-refractivity contribution in [2.45, 2.75) is 18.5 Å². The predicted octanol–water partition coefficient (Wildman–Crippen LogP) is 3.60. The van der Waals surface area contributed by atoms with Gasteiger partial charge in [0, 0.05) is 28.4 Å². The molecule has 4 aromatic rings. The van der Waals surface area contributed by atoms with Crippen LogP contribution < -0.4 is 10.6 Å². The lowest BCUT2D eigenvalue weighted by Gasteiger charge is -2.20. The second-order valence-electron chi connectivity index (χ2n) is 7.92. The van der Waals surface area contributed by atoms with E-state index in [1.807, 2.05) is 78.3 Å². The number of aromatic amines is 1. The molecule has 0 spiro atoms. The molecule has 0 bridgehead atoms. The van der Waals surface area contributed by atoms with Crippen LogP contribution in [0, 0.1) is 0 Å². The Bertz CT molecular complexity index is 1300. The second kappa shape index (κ2) is 8.91. The summed E-state index contributed by atoms with van der Waals surface area (Å²) in [5.74, 6) is -0.790. The molecule has 2 aromatic carbocycles. The Hall–Kier alpha value is -3.91. The monoisotopic (exact) mass is 458 g/mol. The molecule has 5 rings (SSSR count). The van der Waals surface area contributed by atoms with Crippen molar-refractivity contribution in [1.29, 1.82) is 0 Å². The molecule has 0 radical (unpaired) electrons. The molecular weight excluding hydrogens is 436 g/mol. The van der Waals surface area contributed by atoms with Crippen molar-refractivity contribution in [2.24, 2.45) is 0 Å². The first-order chi connectivity index (χ1) is 16.1. The molecule has 8 heteroatoms. The van der Waals surface area contributed by atoms with Gasteiger partial charge in [-0.25, -0.2) is 4.79 Å². The number of hydrogen-bond acceptors (Lipinski definition) is 4. The summed E-state index contributed by atoms with van der Waals surface area (Å²) in [6.07, 6.45) is 2.21. The number of amides is 4. The number of benzene rings is 2. The first-order valence-electron chi connectivity index (χ1n) is 10.6. The summed E-state index contributed by atoms with van der Waals surface area (Å²) in [6, 6.07) is 19.7. The molecule has 1 fully saturated rings. The molecule has 2 atom stereocenters. The van der Waals surface area contributed by atoms with Crippen LogP contribution >= 0.6 is 11.3 Å². The van der Waals surface area contributed by atoms with Gasteiger partial charge in [-0.2, -0.15) is 0 Å². The fourth-order valence-corrected chi connectivity index (χ4v) is 4.96. The Kier molecular flexibility index (Phi) is 5.66. The summed E-state index contributed by atoms with van der Waals surface area (Å²) in [6.45, 7) is -0.330. The van der Waals surface area contributed by atoms with E-state index >= 15 is 0 Å². The van der Waals surface area contributed by atoms with Gasteiger partial charge in [0.2, 0.25) is 5.91 Å². The smallest absolute Gasteiger partial charge is 0.325 e. The summed E-state index contributed by atoms with van der Waals surface area (Å²) in [5, 5.41) is 8.66. The van der Waals surface area contributed by atoms with E-state index in [0.29, 0.717) is 6.42 Å². The largest absolute Gasteiger partial charge is 0.361 e. The van der Waals surface area contributed by atoms with Crippen LogP contribution in [0.5, 0.6) is 0 Å². The molecule has 0 unspecified atom stereocenters. The van der Waals surface area contributed by atoms with E-state index in [-0.39, 0.29) is 12.6 Å². The van der Waals surface area contributed by atoms with Crippen molar-refractivity contribution in [3.8, 4) is 0 Å². The number of urea groups is 1. The van der Waals surface area contributed by atoms with Gasteiger partial charge in [-0.15, -0.1) is 11.3 Å². The summed E-state index contributed by atoms with van der Waals surface area (Å²) in [5.41, 5.74) is 2.85. The SMILES string of the molecule is O=C(CN1C(=O)N[C@H](Cc2c[nH]c3ccccc23)C1=O)N[C@H](c1ccccc1)c1cccs1. The molecular formula is C25H22N4O3S. The van der Waals surface area contributed by atoms with E-state index in [4.69, 9.17) is 0 Å². The van der Waals surface area contributed by atoms with Crippen molar-refractivity contribution in [1.82, 2.24) is 20.5 Å². The first-order valence-corrected chi connectivity index (χ1v) is 11.5. The number of nitrogens with one attached hydrogen (secondary N) is 3. The lowest BCUT2D eigenvalue weighted by atomic mass is 10.0. The van der Waals surface area contributed by atoms with Crippen LogP contribution in [0.4, 0.5) is 4.79 Å². The van der Waals surface area contributed by atoms with E-state index in [1.165, 1.54) is 11.3 Å². The first kappa shape index (κ1) is 21.0. The summed E-state index contributed by atoms with van der Waals surface area (Å²) >= 11 is 1.54. The average molecular weight is 459 g/mol. The molecule has 3 N–H and O–H groups in total. The van der Waals surface area contributed by atoms with E-state index in [0.717, 1.165) is 31.8 Å². The maximum atomic E-state index is 13.0. The Morgan fingerprint density at radius 2 is 1.82 bits per heavy atom. The number of carbonyl (C=O) groups is 3. The molecule has 7 nitrogen and oxygen atoms in total. The van der Waals surface area contributed by atoms with Crippen molar-refractivity contribution in [2.75, 3.05) is 6.54 Å². The van der Waals surface area contributed by atoms with Crippen LogP contribution in [0.15, 0.2) is 78.3 Å². The highest BCUT2D eigenvalue weighted by Gasteiger charge is 2.39. The number of hydrogen-bond donors (Lipinski definition) is 3. The number of imide groups is 1. The zero-order chi connectivity index (χ0) is 22.8. The number of H-pyrrole nitrogens is 1. The Balaban J connectivity index is 1.28. The quantitative estimate of drug-likeness (QED) is 0.370. The maximum absolute atomic E-state index is 13.0. The number of rotatable bonds is 7.